The molecule has 4 heterocycles. The maximum Gasteiger partial charge on any atom is 0.252 e. The number of ether oxygens (including phenoxy) is 1. The van der Waals surface area contributed by atoms with Crippen LogP contribution >= 0.6 is 0 Å². The van der Waals surface area contributed by atoms with Crippen molar-refractivity contribution in [3.8, 4) is 0 Å². The van der Waals surface area contributed by atoms with Gasteiger partial charge in [0, 0.05) is 43.0 Å². The van der Waals surface area contributed by atoms with E-state index < -0.39 is 11.7 Å². The predicted molar refractivity (Wildman–Crippen MR) is 137 cm³/mol. The third kappa shape index (κ3) is 5.35. The Hall–Kier alpha value is -3.77. The lowest BCUT2D eigenvalue weighted by Gasteiger charge is -2.30. The summed E-state index contributed by atoms with van der Waals surface area (Å²) in [5, 5.41) is 6.95. The van der Waals surface area contributed by atoms with Crippen LogP contribution < -0.4 is 22.1 Å². The van der Waals surface area contributed by atoms with E-state index in [0.29, 0.717) is 43.0 Å². The number of primary amides is 1. The summed E-state index contributed by atoms with van der Waals surface area (Å²) in [6.07, 6.45) is 7.07. The van der Waals surface area contributed by atoms with Crippen molar-refractivity contribution in [3.05, 3.63) is 42.0 Å². The summed E-state index contributed by atoms with van der Waals surface area (Å²) in [5.41, 5.74) is 12.9. The number of fused-ring (bicyclic) bond motifs is 1. The lowest BCUT2D eigenvalue weighted by Crippen LogP contribution is -2.43. The molecule has 1 aliphatic carbocycles. The van der Waals surface area contributed by atoms with Gasteiger partial charge >= 0.3 is 0 Å². The van der Waals surface area contributed by atoms with Crippen LogP contribution in [-0.4, -0.2) is 69.6 Å². The van der Waals surface area contributed by atoms with Gasteiger partial charge in [-0.2, -0.15) is 0 Å². The van der Waals surface area contributed by atoms with E-state index in [1.807, 2.05) is 6.07 Å². The summed E-state index contributed by atoms with van der Waals surface area (Å²) in [4.78, 5) is 35.5. The molecule has 11 nitrogen and oxygen atoms in total. The molecule has 1 aliphatic heterocycles. The Morgan fingerprint density at radius 3 is 2.70 bits per heavy atom. The standard InChI is InChI=1S/C25H31FN8O3/c26-17-13-16(22(28)36)23(32-24(17)31-20-4-2-1-3-18(20)27)30-19-5-7-29-25-15(19)6-8-34(25)14-21(35)33-9-11-37-12-10-33/h5-8,13,18,20H,1-4,9-12,14,27H2,(H2,28,36)(H2,29,30,31,32). The highest BCUT2D eigenvalue weighted by molar-refractivity contribution is 6.00. The summed E-state index contributed by atoms with van der Waals surface area (Å²) in [7, 11) is 0. The second-order valence-electron chi connectivity index (χ2n) is 9.44. The van der Waals surface area contributed by atoms with Gasteiger partial charge in [0.2, 0.25) is 5.91 Å². The van der Waals surface area contributed by atoms with Crippen LogP contribution in [0.5, 0.6) is 0 Å². The largest absolute Gasteiger partial charge is 0.378 e. The van der Waals surface area contributed by atoms with Crippen molar-refractivity contribution in [2.45, 2.75) is 44.3 Å². The van der Waals surface area contributed by atoms with Gasteiger partial charge in [0.05, 0.1) is 24.5 Å². The van der Waals surface area contributed by atoms with Crippen LogP contribution in [-0.2, 0) is 16.1 Å². The number of hydrogen-bond donors (Lipinski definition) is 4. The smallest absolute Gasteiger partial charge is 0.252 e. The van der Waals surface area contributed by atoms with Gasteiger partial charge in [-0.05, 0) is 31.0 Å². The number of anilines is 3. The minimum absolute atomic E-state index is 0.00817. The number of amides is 2. The van der Waals surface area contributed by atoms with Crippen molar-refractivity contribution in [3.63, 3.8) is 0 Å². The molecule has 1 saturated heterocycles. The Balaban J connectivity index is 1.42. The van der Waals surface area contributed by atoms with Gasteiger partial charge in [0.15, 0.2) is 11.6 Å². The average molecular weight is 511 g/mol. The number of nitrogens with one attached hydrogen (secondary N) is 2. The Labute approximate surface area is 213 Å². The van der Waals surface area contributed by atoms with Gasteiger partial charge < -0.3 is 36.3 Å². The first-order chi connectivity index (χ1) is 17.9. The highest BCUT2D eigenvalue weighted by Gasteiger charge is 2.25. The van der Waals surface area contributed by atoms with Crippen molar-refractivity contribution in [1.82, 2.24) is 19.4 Å². The molecule has 196 valence electrons. The minimum atomic E-state index is -0.811. The lowest BCUT2D eigenvalue weighted by molar-refractivity contribution is -0.135. The molecule has 0 aromatic carbocycles. The monoisotopic (exact) mass is 510 g/mol. The number of rotatable bonds is 7. The maximum absolute atomic E-state index is 14.9. The molecule has 2 atom stereocenters. The second kappa shape index (κ2) is 10.7. The molecule has 0 radical (unpaired) electrons. The SMILES string of the molecule is NC(=O)c1cc(F)c(NC2CCCCC2N)nc1Nc1ccnc2c1ccn2CC(=O)N1CCOCC1. The molecule has 2 unspecified atom stereocenters. The number of carbonyl (C=O) groups is 2. The van der Waals surface area contributed by atoms with Gasteiger partial charge in [0.1, 0.15) is 18.0 Å². The summed E-state index contributed by atoms with van der Waals surface area (Å²) >= 11 is 0. The fraction of sp³-hybridized carbons (Fsp3) is 0.440. The molecular formula is C25H31FN8O3. The topological polar surface area (TPSA) is 153 Å². The molecule has 0 spiro atoms. The average Bonchev–Trinajstić information content (AvgIpc) is 3.31. The van der Waals surface area contributed by atoms with Crippen LogP contribution in [0.25, 0.3) is 11.0 Å². The van der Waals surface area contributed by atoms with Crippen LogP contribution in [0.15, 0.2) is 30.6 Å². The number of pyridine rings is 2. The third-order valence-corrected chi connectivity index (χ3v) is 6.97. The van der Waals surface area contributed by atoms with Gasteiger partial charge in [-0.25, -0.2) is 14.4 Å². The first-order valence-corrected chi connectivity index (χ1v) is 12.5. The molecule has 12 heteroatoms. The first kappa shape index (κ1) is 24.9. The van der Waals surface area contributed by atoms with Gasteiger partial charge in [-0.3, -0.25) is 9.59 Å². The van der Waals surface area contributed by atoms with E-state index in [-0.39, 0.29) is 41.7 Å². The first-order valence-electron chi connectivity index (χ1n) is 12.5. The molecule has 0 bridgehead atoms. The molecule has 5 rings (SSSR count). The van der Waals surface area contributed by atoms with Gasteiger partial charge in [0.25, 0.3) is 5.91 Å². The van der Waals surface area contributed by atoms with E-state index in [1.54, 1.807) is 27.9 Å². The number of nitrogens with zero attached hydrogens (tertiary/aromatic N) is 4. The Morgan fingerprint density at radius 1 is 1.16 bits per heavy atom. The van der Waals surface area contributed by atoms with Crippen molar-refractivity contribution in [1.29, 1.82) is 0 Å². The zero-order valence-electron chi connectivity index (χ0n) is 20.5. The van der Waals surface area contributed by atoms with Crippen molar-refractivity contribution < 1.29 is 18.7 Å². The van der Waals surface area contributed by atoms with E-state index in [2.05, 4.69) is 20.6 Å². The number of morpholine rings is 1. The lowest BCUT2D eigenvalue weighted by atomic mass is 9.91. The van der Waals surface area contributed by atoms with Crippen LogP contribution in [0, 0.1) is 5.82 Å². The normalized spacial score (nSPS) is 20.1. The minimum Gasteiger partial charge on any atom is -0.378 e. The number of aromatic nitrogens is 3. The molecular weight excluding hydrogens is 479 g/mol. The van der Waals surface area contributed by atoms with Crippen LogP contribution in [0.3, 0.4) is 0 Å². The quantitative estimate of drug-likeness (QED) is 0.376. The van der Waals surface area contributed by atoms with Crippen molar-refractivity contribution >= 4 is 40.2 Å². The fourth-order valence-electron chi connectivity index (χ4n) is 4.90. The number of carbonyl (C=O) groups excluding carboxylic acids is 2. The number of nitrogens with two attached hydrogens (primary N) is 2. The summed E-state index contributed by atoms with van der Waals surface area (Å²) in [6.45, 7) is 2.32. The molecule has 2 aliphatic rings. The summed E-state index contributed by atoms with van der Waals surface area (Å²) in [5.74, 6) is -1.38. The summed E-state index contributed by atoms with van der Waals surface area (Å²) < 4.78 is 22.0. The number of halogens is 1. The zero-order chi connectivity index (χ0) is 25.9. The maximum atomic E-state index is 14.9. The van der Waals surface area contributed by atoms with Crippen LogP contribution in [0.4, 0.5) is 21.7 Å². The molecule has 1 saturated carbocycles. The molecule has 6 N–H and O–H groups in total. The third-order valence-electron chi connectivity index (χ3n) is 6.97. The molecule has 2 fully saturated rings. The van der Waals surface area contributed by atoms with Crippen LogP contribution in [0.2, 0.25) is 0 Å². The van der Waals surface area contributed by atoms with Gasteiger partial charge in [-0.1, -0.05) is 12.8 Å². The van der Waals surface area contributed by atoms with Crippen molar-refractivity contribution in [2.24, 2.45) is 11.5 Å². The van der Waals surface area contributed by atoms with Crippen LogP contribution in [0.1, 0.15) is 36.0 Å². The molecule has 2 amide bonds. The van der Waals surface area contributed by atoms with E-state index >= 15 is 0 Å². The highest BCUT2D eigenvalue weighted by Crippen LogP contribution is 2.30. The highest BCUT2D eigenvalue weighted by atomic mass is 19.1. The van der Waals surface area contributed by atoms with E-state index in [9.17, 15) is 14.0 Å². The molecule has 37 heavy (non-hydrogen) atoms. The van der Waals surface area contributed by atoms with E-state index in [4.69, 9.17) is 16.2 Å². The zero-order valence-corrected chi connectivity index (χ0v) is 20.5. The summed E-state index contributed by atoms with van der Waals surface area (Å²) in [6, 6.07) is 4.40. The Bertz CT molecular complexity index is 1310. The molecule has 3 aromatic rings. The van der Waals surface area contributed by atoms with E-state index in [0.717, 1.165) is 31.7 Å². The Morgan fingerprint density at radius 2 is 1.95 bits per heavy atom. The van der Waals surface area contributed by atoms with Crippen molar-refractivity contribution in [2.75, 3.05) is 36.9 Å². The van der Waals surface area contributed by atoms with E-state index in [1.165, 1.54) is 0 Å². The number of hydrogen-bond acceptors (Lipinski definition) is 8. The second-order valence-corrected chi connectivity index (χ2v) is 9.44. The predicted octanol–water partition coefficient (Wildman–Crippen LogP) is 1.95. The van der Waals surface area contributed by atoms with Gasteiger partial charge in [-0.15, -0.1) is 0 Å². The Kier molecular flexibility index (Phi) is 7.19. The fourth-order valence-corrected chi connectivity index (χ4v) is 4.90. The molecule has 3 aromatic heterocycles.